The number of nitrogens with zero attached hydrogens (tertiary/aromatic N) is 4. The molecule has 194 valence electrons. The van der Waals surface area contributed by atoms with Gasteiger partial charge < -0.3 is 4.57 Å². The second kappa shape index (κ2) is 9.35. The van der Waals surface area contributed by atoms with E-state index in [2.05, 4.69) is 151 Å². The standard InChI is InChI=1S/C36H30N4/c1-36(2,3)27-22-20-25(21-23-27)34-37-38-35(40(34)28-13-5-4-6-14-28)26-12-11-15-29(24-26)39-32-18-9-7-16-30(32)31-17-8-10-19-33(31)39/h4-24H,1-3H3. The van der Waals surface area contributed by atoms with Gasteiger partial charge in [0, 0.05) is 33.3 Å². The molecule has 0 spiro atoms. The molecule has 5 aromatic carbocycles. The number of hydrogen-bond donors (Lipinski definition) is 0. The molecule has 0 N–H and O–H groups in total. The first-order valence-corrected chi connectivity index (χ1v) is 13.7. The smallest absolute Gasteiger partial charge is 0.168 e. The Kier molecular flexibility index (Phi) is 5.64. The van der Waals surface area contributed by atoms with Crippen molar-refractivity contribution >= 4 is 21.8 Å². The maximum absolute atomic E-state index is 4.76. The Bertz CT molecular complexity index is 1920. The lowest BCUT2D eigenvalue weighted by Gasteiger charge is -2.19. The molecule has 40 heavy (non-hydrogen) atoms. The number of fused-ring (bicyclic) bond motifs is 3. The third kappa shape index (κ3) is 4.00. The Labute approximate surface area is 234 Å². The van der Waals surface area contributed by atoms with E-state index in [0.717, 1.165) is 34.2 Å². The maximum atomic E-state index is 4.76. The fraction of sp³-hybridized carbons (Fsp3) is 0.111. The highest BCUT2D eigenvalue weighted by Crippen LogP contribution is 2.34. The van der Waals surface area contributed by atoms with E-state index in [-0.39, 0.29) is 5.41 Å². The van der Waals surface area contributed by atoms with Gasteiger partial charge >= 0.3 is 0 Å². The zero-order valence-corrected chi connectivity index (χ0v) is 22.9. The minimum Gasteiger partial charge on any atom is -0.309 e. The topological polar surface area (TPSA) is 35.6 Å². The lowest BCUT2D eigenvalue weighted by atomic mass is 9.86. The Hall–Kier alpha value is -4.96. The van der Waals surface area contributed by atoms with Crippen molar-refractivity contribution in [2.75, 3.05) is 0 Å². The van der Waals surface area contributed by atoms with E-state index in [1.54, 1.807) is 0 Å². The molecule has 0 saturated carbocycles. The van der Waals surface area contributed by atoms with E-state index in [4.69, 9.17) is 10.2 Å². The Morgan fingerprint density at radius 1 is 0.475 bits per heavy atom. The van der Waals surface area contributed by atoms with Crippen LogP contribution < -0.4 is 0 Å². The second-order valence-electron chi connectivity index (χ2n) is 11.3. The number of aromatic nitrogens is 4. The van der Waals surface area contributed by atoms with Gasteiger partial charge in [0.1, 0.15) is 0 Å². The van der Waals surface area contributed by atoms with Crippen molar-refractivity contribution in [3.63, 3.8) is 0 Å². The summed E-state index contributed by atoms with van der Waals surface area (Å²) in [4.78, 5) is 0. The molecular formula is C36H30N4. The van der Waals surface area contributed by atoms with Crippen LogP contribution in [0.5, 0.6) is 0 Å². The molecule has 2 heterocycles. The Balaban J connectivity index is 1.41. The van der Waals surface area contributed by atoms with Crippen molar-refractivity contribution in [1.29, 1.82) is 0 Å². The number of para-hydroxylation sites is 3. The first kappa shape index (κ1) is 24.1. The fourth-order valence-corrected chi connectivity index (χ4v) is 5.58. The van der Waals surface area contributed by atoms with Crippen LogP contribution in [0.4, 0.5) is 0 Å². The van der Waals surface area contributed by atoms with E-state index in [1.165, 1.54) is 27.4 Å². The second-order valence-corrected chi connectivity index (χ2v) is 11.3. The molecule has 7 aromatic rings. The van der Waals surface area contributed by atoms with Gasteiger partial charge in [0.15, 0.2) is 11.6 Å². The largest absolute Gasteiger partial charge is 0.309 e. The molecule has 0 amide bonds. The van der Waals surface area contributed by atoms with Crippen molar-refractivity contribution in [3.05, 3.63) is 133 Å². The van der Waals surface area contributed by atoms with Crippen LogP contribution in [-0.4, -0.2) is 19.3 Å². The van der Waals surface area contributed by atoms with Crippen molar-refractivity contribution in [2.45, 2.75) is 26.2 Å². The number of benzene rings is 5. The number of hydrogen-bond acceptors (Lipinski definition) is 2. The molecule has 7 rings (SSSR count). The van der Waals surface area contributed by atoms with Gasteiger partial charge in [-0.2, -0.15) is 0 Å². The van der Waals surface area contributed by atoms with Gasteiger partial charge in [-0.05, 0) is 47.4 Å². The van der Waals surface area contributed by atoms with Crippen LogP contribution in [0, 0.1) is 0 Å². The SMILES string of the molecule is CC(C)(C)c1ccc(-c2nnc(-c3cccc(-n4c5ccccc5c5ccccc54)c3)n2-c2ccccc2)cc1. The van der Waals surface area contributed by atoms with Gasteiger partial charge in [-0.1, -0.05) is 112 Å². The molecule has 2 aromatic heterocycles. The zero-order chi connectivity index (χ0) is 27.3. The van der Waals surface area contributed by atoms with Crippen LogP contribution in [0.1, 0.15) is 26.3 Å². The quantitative estimate of drug-likeness (QED) is 0.233. The lowest BCUT2D eigenvalue weighted by molar-refractivity contribution is 0.590. The highest BCUT2D eigenvalue weighted by atomic mass is 15.3. The van der Waals surface area contributed by atoms with Gasteiger partial charge in [-0.3, -0.25) is 4.57 Å². The van der Waals surface area contributed by atoms with Gasteiger partial charge in [0.25, 0.3) is 0 Å². The molecular weight excluding hydrogens is 488 g/mol. The van der Waals surface area contributed by atoms with E-state index in [9.17, 15) is 0 Å². The van der Waals surface area contributed by atoms with E-state index < -0.39 is 0 Å². The van der Waals surface area contributed by atoms with Gasteiger partial charge in [-0.25, -0.2) is 0 Å². The molecule has 4 heteroatoms. The van der Waals surface area contributed by atoms with E-state index >= 15 is 0 Å². The summed E-state index contributed by atoms with van der Waals surface area (Å²) in [6, 6.07) is 44.9. The predicted octanol–water partition coefficient (Wildman–Crippen LogP) is 9.00. The van der Waals surface area contributed by atoms with E-state index in [0.29, 0.717) is 0 Å². The first-order chi connectivity index (χ1) is 19.5. The Morgan fingerprint density at radius 3 is 1.65 bits per heavy atom. The third-order valence-corrected chi connectivity index (χ3v) is 7.63. The van der Waals surface area contributed by atoms with Crippen LogP contribution in [-0.2, 0) is 5.41 Å². The average molecular weight is 519 g/mol. The van der Waals surface area contributed by atoms with Crippen molar-refractivity contribution < 1.29 is 0 Å². The third-order valence-electron chi connectivity index (χ3n) is 7.63. The number of rotatable bonds is 4. The van der Waals surface area contributed by atoms with E-state index in [1.807, 2.05) is 6.07 Å². The minimum atomic E-state index is 0.0873. The summed E-state index contributed by atoms with van der Waals surface area (Å²) in [5.41, 5.74) is 7.91. The molecule has 0 atom stereocenters. The molecule has 0 aliphatic carbocycles. The van der Waals surface area contributed by atoms with Crippen molar-refractivity contribution in [3.8, 4) is 34.2 Å². The first-order valence-electron chi connectivity index (χ1n) is 13.7. The zero-order valence-electron chi connectivity index (χ0n) is 22.9. The molecule has 0 bridgehead atoms. The van der Waals surface area contributed by atoms with Crippen LogP contribution >= 0.6 is 0 Å². The van der Waals surface area contributed by atoms with Crippen LogP contribution in [0.2, 0.25) is 0 Å². The summed E-state index contributed by atoms with van der Waals surface area (Å²) < 4.78 is 4.50. The molecule has 0 radical (unpaired) electrons. The summed E-state index contributed by atoms with van der Waals surface area (Å²) >= 11 is 0. The van der Waals surface area contributed by atoms with Crippen molar-refractivity contribution in [2.24, 2.45) is 0 Å². The Morgan fingerprint density at radius 2 is 1.02 bits per heavy atom. The molecule has 4 nitrogen and oxygen atoms in total. The van der Waals surface area contributed by atoms with Gasteiger partial charge in [0.2, 0.25) is 0 Å². The molecule has 0 saturated heterocycles. The van der Waals surface area contributed by atoms with Gasteiger partial charge in [0.05, 0.1) is 11.0 Å². The molecule has 0 aliphatic heterocycles. The van der Waals surface area contributed by atoms with Crippen LogP contribution in [0.25, 0.3) is 56.0 Å². The molecule has 0 aliphatic rings. The highest BCUT2D eigenvalue weighted by molar-refractivity contribution is 6.09. The predicted molar refractivity (Wildman–Crippen MR) is 165 cm³/mol. The molecule has 0 fully saturated rings. The summed E-state index contributed by atoms with van der Waals surface area (Å²) in [6.45, 7) is 6.70. The van der Waals surface area contributed by atoms with Crippen LogP contribution in [0.3, 0.4) is 0 Å². The lowest BCUT2D eigenvalue weighted by Crippen LogP contribution is -2.10. The average Bonchev–Trinajstić information content (AvgIpc) is 3.58. The van der Waals surface area contributed by atoms with Crippen molar-refractivity contribution in [1.82, 2.24) is 19.3 Å². The van der Waals surface area contributed by atoms with Crippen LogP contribution in [0.15, 0.2) is 127 Å². The minimum absolute atomic E-state index is 0.0873. The normalized spacial score (nSPS) is 11.9. The summed E-state index contributed by atoms with van der Waals surface area (Å²) in [6.07, 6.45) is 0. The summed E-state index contributed by atoms with van der Waals surface area (Å²) in [5.74, 6) is 1.63. The van der Waals surface area contributed by atoms with Gasteiger partial charge in [-0.15, -0.1) is 10.2 Å². The summed E-state index contributed by atoms with van der Waals surface area (Å²) in [7, 11) is 0. The highest BCUT2D eigenvalue weighted by Gasteiger charge is 2.20. The summed E-state index contributed by atoms with van der Waals surface area (Å²) in [5, 5.41) is 12.0. The monoisotopic (exact) mass is 518 g/mol. The molecule has 0 unspecified atom stereocenters. The fourth-order valence-electron chi connectivity index (χ4n) is 5.58. The maximum Gasteiger partial charge on any atom is 0.168 e.